The molecule has 1 fully saturated rings. The molecule has 3 N–H and O–H groups in total. The number of nitrogens with one attached hydrogen (secondary N) is 1. The predicted molar refractivity (Wildman–Crippen MR) is 48.8 cm³/mol. The molecule has 5 nitrogen and oxygen atoms in total. The van der Waals surface area contributed by atoms with Crippen LogP contribution in [0.2, 0.25) is 0 Å². The molecular weight excluding hydrogens is 170 g/mol. The van der Waals surface area contributed by atoms with Gasteiger partial charge in [-0.25, -0.2) is 5.01 Å². The zero-order valence-electron chi connectivity index (χ0n) is 7.95. The highest BCUT2D eigenvalue weighted by Gasteiger charge is 2.19. The molecule has 0 radical (unpaired) electrons. The molecule has 0 aliphatic carbocycles. The lowest BCUT2D eigenvalue weighted by atomic mass is 10.1. The first-order valence-electron chi connectivity index (χ1n) is 4.54. The molecular formula is C8H17N3O2. The highest BCUT2D eigenvalue weighted by molar-refractivity contribution is 5.73. The molecule has 1 amide bonds. The summed E-state index contributed by atoms with van der Waals surface area (Å²) in [5.41, 5.74) is 8.11. The van der Waals surface area contributed by atoms with Crippen LogP contribution >= 0.6 is 0 Å². The molecule has 13 heavy (non-hydrogen) atoms. The Morgan fingerprint density at radius 3 is 3.15 bits per heavy atom. The largest absolute Gasteiger partial charge is 0.375 e. The summed E-state index contributed by atoms with van der Waals surface area (Å²) in [5, 5.41) is 2.08. The van der Waals surface area contributed by atoms with E-state index < -0.39 is 0 Å². The van der Waals surface area contributed by atoms with Crippen LogP contribution in [0.4, 0.5) is 0 Å². The topological polar surface area (TPSA) is 67.6 Å². The third-order valence-corrected chi connectivity index (χ3v) is 2.17. The van der Waals surface area contributed by atoms with Gasteiger partial charge in [-0.1, -0.05) is 0 Å². The molecule has 0 bridgehead atoms. The molecule has 1 rings (SSSR count). The lowest BCUT2D eigenvalue weighted by Gasteiger charge is -2.31. The van der Waals surface area contributed by atoms with Gasteiger partial charge in [0.2, 0.25) is 5.91 Å². The number of morpholine rings is 1. The van der Waals surface area contributed by atoms with E-state index in [-0.39, 0.29) is 12.0 Å². The van der Waals surface area contributed by atoms with E-state index in [1.165, 1.54) is 0 Å². The Balaban J connectivity index is 2.21. The van der Waals surface area contributed by atoms with Gasteiger partial charge in [0, 0.05) is 19.5 Å². The third kappa shape index (κ3) is 3.71. The molecule has 0 aromatic rings. The van der Waals surface area contributed by atoms with Crippen molar-refractivity contribution in [1.29, 1.82) is 0 Å². The number of hydrogen-bond donors (Lipinski definition) is 2. The molecule has 1 aliphatic rings. The predicted octanol–water partition coefficient (Wildman–Crippen LogP) is -0.913. The van der Waals surface area contributed by atoms with E-state index in [4.69, 9.17) is 10.5 Å². The highest BCUT2D eigenvalue weighted by Crippen LogP contribution is 2.08. The minimum Gasteiger partial charge on any atom is -0.375 e. The van der Waals surface area contributed by atoms with Crippen LogP contribution in [-0.4, -0.2) is 43.8 Å². The van der Waals surface area contributed by atoms with E-state index in [9.17, 15) is 4.79 Å². The number of nitrogens with zero attached hydrogens (tertiary/aromatic N) is 1. The Kier molecular flexibility index (Phi) is 4.14. The zero-order valence-corrected chi connectivity index (χ0v) is 7.95. The molecule has 1 aliphatic heterocycles. The fourth-order valence-electron chi connectivity index (χ4n) is 1.40. The van der Waals surface area contributed by atoms with Crippen molar-refractivity contribution in [3.63, 3.8) is 0 Å². The van der Waals surface area contributed by atoms with Crippen LogP contribution in [0.15, 0.2) is 0 Å². The number of ether oxygens (including phenoxy) is 1. The summed E-state index contributed by atoms with van der Waals surface area (Å²) in [6, 6.07) is 0. The number of hydrazine groups is 1. The van der Waals surface area contributed by atoms with Crippen molar-refractivity contribution in [3.05, 3.63) is 0 Å². The summed E-state index contributed by atoms with van der Waals surface area (Å²) in [7, 11) is 1.89. The van der Waals surface area contributed by atoms with E-state index in [1.807, 2.05) is 7.05 Å². The number of rotatable bonds is 4. The number of nitrogens with two attached hydrogens (primary N) is 1. The maximum absolute atomic E-state index is 10.5. The van der Waals surface area contributed by atoms with Crippen LogP contribution in [0.3, 0.4) is 0 Å². The number of carbonyl (C=O) groups excluding carboxylic acids is 1. The van der Waals surface area contributed by atoms with Crippen molar-refractivity contribution in [2.75, 3.05) is 26.7 Å². The van der Waals surface area contributed by atoms with Crippen LogP contribution in [0.5, 0.6) is 0 Å². The second-order valence-electron chi connectivity index (χ2n) is 3.17. The van der Waals surface area contributed by atoms with Crippen molar-refractivity contribution in [2.45, 2.75) is 18.9 Å². The molecule has 1 saturated heterocycles. The van der Waals surface area contributed by atoms with Gasteiger partial charge in [-0.05, 0) is 13.5 Å². The zero-order chi connectivity index (χ0) is 9.68. The van der Waals surface area contributed by atoms with Crippen LogP contribution in [0, 0.1) is 0 Å². The quantitative estimate of drug-likeness (QED) is 0.597. The van der Waals surface area contributed by atoms with Crippen molar-refractivity contribution in [2.24, 2.45) is 5.73 Å². The van der Waals surface area contributed by atoms with Crippen molar-refractivity contribution < 1.29 is 9.53 Å². The van der Waals surface area contributed by atoms with Gasteiger partial charge in [-0.2, -0.15) is 0 Å². The maximum Gasteiger partial charge on any atom is 0.217 e. The summed E-state index contributed by atoms with van der Waals surface area (Å²) >= 11 is 0. The minimum absolute atomic E-state index is 0.133. The highest BCUT2D eigenvalue weighted by atomic mass is 16.5. The van der Waals surface area contributed by atoms with Crippen LogP contribution in [-0.2, 0) is 9.53 Å². The molecule has 0 aromatic heterocycles. The first kappa shape index (κ1) is 10.4. The Morgan fingerprint density at radius 2 is 2.54 bits per heavy atom. The molecule has 1 heterocycles. The van der Waals surface area contributed by atoms with Crippen LogP contribution in [0.1, 0.15) is 12.8 Å². The van der Waals surface area contributed by atoms with E-state index in [1.54, 1.807) is 0 Å². The van der Waals surface area contributed by atoms with Gasteiger partial charge in [0.15, 0.2) is 0 Å². The number of amides is 1. The SMILES string of the molecule is CNN1CCOC(CCC(N)=O)C1. The van der Waals surface area contributed by atoms with Gasteiger partial charge in [0.1, 0.15) is 0 Å². The summed E-state index contributed by atoms with van der Waals surface area (Å²) in [6.45, 7) is 2.43. The van der Waals surface area contributed by atoms with Crippen LogP contribution < -0.4 is 11.2 Å². The third-order valence-electron chi connectivity index (χ3n) is 2.17. The van der Waals surface area contributed by atoms with Gasteiger partial charge in [0.25, 0.3) is 0 Å². The first-order valence-corrected chi connectivity index (χ1v) is 4.54. The average molecular weight is 187 g/mol. The summed E-state index contributed by atoms with van der Waals surface area (Å²) in [6.07, 6.45) is 1.25. The second kappa shape index (κ2) is 5.16. The number of hydrogen-bond acceptors (Lipinski definition) is 4. The normalized spacial score (nSPS) is 24.5. The Morgan fingerprint density at radius 1 is 1.77 bits per heavy atom. The molecule has 0 aromatic carbocycles. The molecule has 76 valence electrons. The average Bonchev–Trinajstić information content (AvgIpc) is 2.15. The molecule has 1 unspecified atom stereocenters. The van der Waals surface area contributed by atoms with E-state index in [0.29, 0.717) is 19.4 Å². The van der Waals surface area contributed by atoms with Gasteiger partial charge >= 0.3 is 0 Å². The maximum atomic E-state index is 10.5. The van der Waals surface area contributed by atoms with Gasteiger partial charge in [-0.3, -0.25) is 10.2 Å². The lowest BCUT2D eigenvalue weighted by Crippen LogP contribution is -2.48. The Hall–Kier alpha value is -0.650. The van der Waals surface area contributed by atoms with Gasteiger partial charge in [0.05, 0.1) is 12.7 Å². The standard InChI is InChI=1S/C8H17N3O2/c1-10-11-4-5-13-7(6-11)2-3-8(9)12/h7,10H,2-6H2,1H3,(H2,9,12). The molecule has 1 atom stereocenters. The van der Waals surface area contributed by atoms with E-state index in [0.717, 1.165) is 13.1 Å². The van der Waals surface area contributed by atoms with Crippen LogP contribution in [0.25, 0.3) is 0 Å². The second-order valence-corrected chi connectivity index (χ2v) is 3.17. The molecule has 5 heteroatoms. The van der Waals surface area contributed by atoms with Crippen molar-refractivity contribution >= 4 is 5.91 Å². The van der Waals surface area contributed by atoms with Gasteiger partial charge in [-0.15, -0.1) is 0 Å². The van der Waals surface area contributed by atoms with Gasteiger partial charge < -0.3 is 10.5 Å². The molecule has 0 saturated carbocycles. The van der Waals surface area contributed by atoms with E-state index >= 15 is 0 Å². The minimum atomic E-state index is -0.259. The lowest BCUT2D eigenvalue weighted by molar-refractivity contribution is -0.119. The fraction of sp³-hybridized carbons (Fsp3) is 0.875. The number of primary amides is 1. The Bertz CT molecular complexity index is 175. The summed E-state index contributed by atoms with van der Waals surface area (Å²) in [5.74, 6) is -0.259. The monoisotopic (exact) mass is 187 g/mol. The van der Waals surface area contributed by atoms with Crippen molar-refractivity contribution in [1.82, 2.24) is 10.4 Å². The Labute approximate surface area is 78.2 Å². The first-order chi connectivity index (χ1) is 6.22. The fourth-order valence-corrected chi connectivity index (χ4v) is 1.40. The molecule has 0 spiro atoms. The summed E-state index contributed by atoms with van der Waals surface area (Å²) in [4.78, 5) is 10.5. The van der Waals surface area contributed by atoms with E-state index in [2.05, 4.69) is 10.4 Å². The summed E-state index contributed by atoms with van der Waals surface area (Å²) < 4.78 is 5.47. The smallest absolute Gasteiger partial charge is 0.217 e. The number of carbonyl (C=O) groups is 1. The van der Waals surface area contributed by atoms with Crippen molar-refractivity contribution in [3.8, 4) is 0 Å².